The molecule has 66 valence electrons. The van der Waals surface area contributed by atoms with Gasteiger partial charge in [0.2, 0.25) is 5.91 Å². The van der Waals surface area contributed by atoms with E-state index in [1.54, 1.807) is 4.90 Å². The van der Waals surface area contributed by atoms with Crippen LogP contribution in [0.15, 0.2) is 0 Å². The van der Waals surface area contributed by atoms with Crippen molar-refractivity contribution < 1.29 is 9.53 Å². The summed E-state index contributed by atoms with van der Waals surface area (Å²) in [6.45, 7) is 4.23. The van der Waals surface area contributed by atoms with Crippen molar-refractivity contribution in [1.82, 2.24) is 4.90 Å². The molecule has 1 unspecified atom stereocenters. The van der Waals surface area contributed by atoms with Crippen LogP contribution in [0.25, 0.3) is 0 Å². The normalized spacial score (nSPS) is 24.3. The Morgan fingerprint density at radius 3 is 2.83 bits per heavy atom. The molecule has 12 heavy (non-hydrogen) atoms. The number of hydrogen-bond acceptors (Lipinski definition) is 3. The lowest BCUT2D eigenvalue weighted by Gasteiger charge is -2.34. The number of hydrogen-bond donors (Lipinski definition) is 0. The first kappa shape index (κ1) is 9.01. The molecule has 0 aromatic carbocycles. The summed E-state index contributed by atoms with van der Waals surface area (Å²) in [7, 11) is 0. The molecule has 0 N–H and O–H groups in total. The SMILES string of the molecule is CC(C)N1C(=O)COCC1C#N. The third-order valence-electron chi connectivity index (χ3n) is 1.83. The highest BCUT2D eigenvalue weighted by molar-refractivity contribution is 5.79. The Balaban J connectivity index is 2.74. The van der Waals surface area contributed by atoms with Gasteiger partial charge < -0.3 is 9.64 Å². The summed E-state index contributed by atoms with van der Waals surface area (Å²) in [6, 6.07) is 1.71. The van der Waals surface area contributed by atoms with Crippen LogP contribution in [0.4, 0.5) is 0 Å². The minimum absolute atomic E-state index is 0.0750. The van der Waals surface area contributed by atoms with Gasteiger partial charge in [-0.25, -0.2) is 0 Å². The maximum absolute atomic E-state index is 11.3. The topological polar surface area (TPSA) is 53.3 Å². The Kier molecular flexibility index (Phi) is 2.66. The second-order valence-electron chi connectivity index (χ2n) is 3.05. The molecule has 0 aromatic rings. The maximum atomic E-state index is 11.3. The average molecular weight is 168 g/mol. The standard InChI is InChI=1S/C8H12N2O2/c1-6(2)10-7(3-9)4-12-5-8(10)11/h6-7H,4-5H2,1-2H3. The van der Waals surface area contributed by atoms with Crippen LogP contribution in [0.5, 0.6) is 0 Å². The fraction of sp³-hybridized carbons (Fsp3) is 0.750. The van der Waals surface area contributed by atoms with E-state index >= 15 is 0 Å². The van der Waals surface area contributed by atoms with Gasteiger partial charge >= 0.3 is 0 Å². The summed E-state index contributed by atoms with van der Waals surface area (Å²) in [6.07, 6.45) is 0. The van der Waals surface area contributed by atoms with Gasteiger partial charge in [-0.2, -0.15) is 5.26 Å². The molecule has 0 bridgehead atoms. The molecule has 1 atom stereocenters. The smallest absolute Gasteiger partial charge is 0.249 e. The van der Waals surface area contributed by atoms with Crippen molar-refractivity contribution in [3.8, 4) is 6.07 Å². The lowest BCUT2D eigenvalue weighted by atomic mass is 10.2. The van der Waals surface area contributed by atoms with Crippen LogP contribution >= 0.6 is 0 Å². The summed E-state index contributed by atoms with van der Waals surface area (Å²) in [4.78, 5) is 12.8. The lowest BCUT2D eigenvalue weighted by molar-refractivity contribution is -0.148. The number of rotatable bonds is 1. The first-order valence-electron chi connectivity index (χ1n) is 3.95. The van der Waals surface area contributed by atoms with Gasteiger partial charge in [-0.1, -0.05) is 0 Å². The number of nitrogens with zero attached hydrogens (tertiary/aromatic N) is 2. The summed E-state index contributed by atoms with van der Waals surface area (Å²) in [5, 5.41) is 8.70. The summed E-state index contributed by atoms with van der Waals surface area (Å²) < 4.78 is 4.95. The van der Waals surface area contributed by atoms with Crippen molar-refractivity contribution in [1.29, 1.82) is 5.26 Å². The Hall–Kier alpha value is -1.08. The molecule has 0 radical (unpaired) electrons. The first-order chi connectivity index (χ1) is 5.66. The Bertz CT molecular complexity index is 220. The second kappa shape index (κ2) is 3.55. The van der Waals surface area contributed by atoms with Gasteiger partial charge in [0.1, 0.15) is 12.6 Å². The zero-order valence-electron chi connectivity index (χ0n) is 7.28. The Morgan fingerprint density at radius 1 is 1.75 bits per heavy atom. The van der Waals surface area contributed by atoms with E-state index < -0.39 is 6.04 Å². The molecule has 1 heterocycles. The van der Waals surface area contributed by atoms with Crippen molar-refractivity contribution in [3.05, 3.63) is 0 Å². The van der Waals surface area contributed by atoms with E-state index in [1.807, 2.05) is 19.9 Å². The molecule has 4 heteroatoms. The van der Waals surface area contributed by atoms with Gasteiger partial charge in [-0.3, -0.25) is 4.79 Å². The van der Waals surface area contributed by atoms with Gasteiger partial charge in [0.15, 0.2) is 0 Å². The largest absolute Gasteiger partial charge is 0.368 e. The van der Waals surface area contributed by atoms with Gasteiger partial charge in [0.25, 0.3) is 0 Å². The molecule has 1 rings (SSSR count). The van der Waals surface area contributed by atoms with Crippen LogP contribution in [-0.4, -0.2) is 36.1 Å². The Morgan fingerprint density at radius 2 is 2.42 bits per heavy atom. The molecule has 0 saturated carbocycles. The third-order valence-corrected chi connectivity index (χ3v) is 1.83. The fourth-order valence-electron chi connectivity index (χ4n) is 1.33. The van der Waals surface area contributed by atoms with E-state index in [1.165, 1.54) is 0 Å². The van der Waals surface area contributed by atoms with Crippen LogP contribution in [0.2, 0.25) is 0 Å². The molecule has 0 aliphatic carbocycles. The Labute approximate surface area is 71.7 Å². The van der Waals surface area contributed by atoms with E-state index in [-0.39, 0.29) is 18.6 Å². The summed E-state index contributed by atoms with van der Waals surface area (Å²) in [5.74, 6) is -0.0946. The van der Waals surface area contributed by atoms with Crippen molar-refractivity contribution >= 4 is 5.91 Å². The molecular formula is C8H12N2O2. The predicted octanol–water partition coefficient (Wildman–Crippen LogP) is 0.146. The maximum Gasteiger partial charge on any atom is 0.249 e. The lowest BCUT2D eigenvalue weighted by Crippen LogP contribution is -2.51. The van der Waals surface area contributed by atoms with E-state index in [2.05, 4.69) is 0 Å². The molecule has 1 aliphatic heterocycles. The molecule has 0 aromatic heterocycles. The van der Waals surface area contributed by atoms with E-state index in [4.69, 9.17) is 10.00 Å². The molecule has 1 saturated heterocycles. The number of amides is 1. The summed E-state index contributed by atoms with van der Waals surface area (Å²) >= 11 is 0. The average Bonchev–Trinajstić information content (AvgIpc) is 2.03. The van der Waals surface area contributed by atoms with Crippen LogP contribution in [0.3, 0.4) is 0 Å². The van der Waals surface area contributed by atoms with E-state index in [0.29, 0.717) is 6.61 Å². The quantitative estimate of drug-likeness (QED) is 0.560. The number of ether oxygens (including phenoxy) is 1. The fourth-order valence-corrected chi connectivity index (χ4v) is 1.33. The van der Waals surface area contributed by atoms with Crippen LogP contribution in [0.1, 0.15) is 13.8 Å². The third kappa shape index (κ3) is 1.56. The van der Waals surface area contributed by atoms with E-state index in [0.717, 1.165) is 0 Å². The van der Waals surface area contributed by atoms with Crippen LogP contribution < -0.4 is 0 Å². The van der Waals surface area contributed by atoms with Crippen molar-refractivity contribution in [2.75, 3.05) is 13.2 Å². The zero-order chi connectivity index (χ0) is 9.14. The minimum atomic E-state index is -0.411. The second-order valence-corrected chi connectivity index (χ2v) is 3.05. The molecule has 1 amide bonds. The monoisotopic (exact) mass is 168 g/mol. The number of morpholine rings is 1. The number of nitriles is 1. The zero-order valence-corrected chi connectivity index (χ0v) is 7.28. The number of carbonyl (C=O) groups excluding carboxylic acids is 1. The highest BCUT2D eigenvalue weighted by Gasteiger charge is 2.30. The molecule has 4 nitrogen and oxygen atoms in total. The highest BCUT2D eigenvalue weighted by Crippen LogP contribution is 2.10. The van der Waals surface area contributed by atoms with Crippen LogP contribution in [0, 0.1) is 11.3 Å². The van der Waals surface area contributed by atoms with Crippen molar-refractivity contribution in [2.45, 2.75) is 25.9 Å². The van der Waals surface area contributed by atoms with Crippen molar-refractivity contribution in [3.63, 3.8) is 0 Å². The van der Waals surface area contributed by atoms with Gasteiger partial charge in [-0.15, -0.1) is 0 Å². The predicted molar refractivity (Wildman–Crippen MR) is 42.2 cm³/mol. The molecule has 1 fully saturated rings. The number of carbonyl (C=O) groups is 1. The van der Waals surface area contributed by atoms with Gasteiger partial charge in [0.05, 0.1) is 12.7 Å². The summed E-state index contributed by atoms with van der Waals surface area (Å²) in [5.41, 5.74) is 0. The van der Waals surface area contributed by atoms with Crippen molar-refractivity contribution in [2.24, 2.45) is 0 Å². The minimum Gasteiger partial charge on any atom is -0.368 e. The highest BCUT2D eigenvalue weighted by atomic mass is 16.5. The van der Waals surface area contributed by atoms with Gasteiger partial charge in [0, 0.05) is 6.04 Å². The van der Waals surface area contributed by atoms with Gasteiger partial charge in [-0.05, 0) is 13.8 Å². The van der Waals surface area contributed by atoms with Crippen LogP contribution in [-0.2, 0) is 9.53 Å². The first-order valence-corrected chi connectivity index (χ1v) is 3.95. The van der Waals surface area contributed by atoms with E-state index in [9.17, 15) is 4.79 Å². The molecule has 0 spiro atoms. The molecular weight excluding hydrogens is 156 g/mol. The molecule has 1 aliphatic rings.